The van der Waals surface area contributed by atoms with Crippen LogP contribution in [0.5, 0.6) is 0 Å². The van der Waals surface area contributed by atoms with E-state index in [2.05, 4.69) is 99.5 Å². The minimum Gasteiger partial charge on any atom is -0.354 e. The molecule has 0 atom stereocenters. The molecule has 0 amide bonds. The Morgan fingerprint density at radius 1 is 0.537 bits per heavy atom. The highest BCUT2D eigenvalue weighted by Crippen LogP contribution is 2.42. The molecule has 216 valence electrons. The van der Waals surface area contributed by atoms with Crippen LogP contribution in [-0.4, -0.2) is 19.9 Å². The summed E-state index contributed by atoms with van der Waals surface area (Å²) in [5.74, 6) is 0. The van der Waals surface area contributed by atoms with Gasteiger partial charge in [0.25, 0.3) is 0 Å². The molecule has 3 aromatic rings. The van der Waals surface area contributed by atoms with Gasteiger partial charge < -0.3 is 9.97 Å². The monoisotopic (exact) mass is 612 g/mol. The summed E-state index contributed by atoms with van der Waals surface area (Å²) in [6.07, 6.45) is 12.0. The number of nitrogens with one attached hydrogen (secondary N) is 2. The average Bonchev–Trinajstić information content (AvgIpc) is 3.76. The van der Waals surface area contributed by atoms with Crippen molar-refractivity contribution in [3.8, 4) is 0 Å². The predicted molar refractivity (Wildman–Crippen MR) is 181 cm³/mol. The van der Waals surface area contributed by atoms with Gasteiger partial charge in [-0.05, 0) is 119 Å². The molecule has 5 rings (SSSR count). The van der Waals surface area contributed by atoms with Crippen molar-refractivity contribution >= 4 is 61.3 Å². The fourth-order valence-electron chi connectivity index (χ4n) is 7.14. The van der Waals surface area contributed by atoms with Gasteiger partial charge in [-0.25, -0.2) is 9.97 Å². The van der Waals surface area contributed by atoms with E-state index in [0.29, 0.717) is 0 Å². The van der Waals surface area contributed by atoms with Crippen LogP contribution in [0.2, 0.25) is 0 Å². The molecule has 41 heavy (non-hydrogen) atoms. The Kier molecular flexibility index (Phi) is 8.75. The van der Waals surface area contributed by atoms with E-state index in [-0.39, 0.29) is 0 Å². The zero-order chi connectivity index (χ0) is 29.4. The van der Waals surface area contributed by atoms with Gasteiger partial charge in [0.1, 0.15) is 0 Å². The summed E-state index contributed by atoms with van der Waals surface area (Å²) in [5.41, 5.74) is 20.1. The van der Waals surface area contributed by atoms with Crippen molar-refractivity contribution < 1.29 is 0 Å². The van der Waals surface area contributed by atoms with E-state index < -0.39 is 0 Å². The van der Waals surface area contributed by atoms with Crippen LogP contribution in [0.25, 0.3) is 45.4 Å². The summed E-state index contributed by atoms with van der Waals surface area (Å²) in [4.78, 5) is 18.5. The van der Waals surface area contributed by atoms with Gasteiger partial charge in [-0.3, -0.25) is 0 Å². The quantitative estimate of drug-likeness (QED) is 0.208. The topological polar surface area (TPSA) is 57.4 Å². The summed E-state index contributed by atoms with van der Waals surface area (Å²) >= 11 is 4.09. The number of fused-ring (bicyclic) bond motifs is 8. The van der Waals surface area contributed by atoms with E-state index in [0.717, 1.165) is 89.6 Å². The number of rotatable bonds is 8. The second-order valence-electron chi connectivity index (χ2n) is 11.0. The summed E-state index contributed by atoms with van der Waals surface area (Å²) in [6.45, 7) is 18.2. The van der Waals surface area contributed by atoms with E-state index in [4.69, 9.17) is 9.97 Å². The molecule has 0 radical (unpaired) electrons. The van der Waals surface area contributed by atoms with Crippen LogP contribution in [0.3, 0.4) is 0 Å². The van der Waals surface area contributed by atoms with Gasteiger partial charge in [0.15, 0.2) is 0 Å². The molecular formula is C36H45BrN4. The van der Waals surface area contributed by atoms with Crippen molar-refractivity contribution in [2.24, 2.45) is 0 Å². The van der Waals surface area contributed by atoms with Crippen LogP contribution in [0.4, 0.5) is 0 Å². The molecule has 4 nitrogen and oxygen atoms in total. The third-order valence-corrected chi connectivity index (χ3v) is 9.81. The highest BCUT2D eigenvalue weighted by molar-refractivity contribution is 9.10. The number of aromatic nitrogens is 4. The van der Waals surface area contributed by atoms with Crippen molar-refractivity contribution in [1.29, 1.82) is 0 Å². The lowest BCUT2D eigenvalue weighted by Gasteiger charge is -2.08. The number of aromatic amines is 2. The van der Waals surface area contributed by atoms with E-state index in [1.165, 1.54) is 55.6 Å². The Labute approximate surface area is 254 Å². The third kappa shape index (κ3) is 4.74. The first-order valence-corrected chi connectivity index (χ1v) is 16.6. The van der Waals surface area contributed by atoms with Gasteiger partial charge in [0.2, 0.25) is 0 Å². The van der Waals surface area contributed by atoms with Gasteiger partial charge in [0.05, 0.1) is 32.8 Å². The minimum absolute atomic E-state index is 0.918. The fourth-order valence-corrected chi connectivity index (χ4v) is 7.81. The molecule has 3 aromatic heterocycles. The van der Waals surface area contributed by atoms with Crippen LogP contribution in [-0.2, 0) is 38.5 Å². The van der Waals surface area contributed by atoms with Crippen molar-refractivity contribution in [3.05, 3.63) is 66.7 Å². The average molecular weight is 614 g/mol. The summed E-state index contributed by atoms with van der Waals surface area (Å²) in [5, 5.41) is 0. The molecule has 0 fully saturated rings. The first kappa shape index (κ1) is 29.6. The Morgan fingerprint density at radius 2 is 1.07 bits per heavy atom. The summed E-state index contributed by atoms with van der Waals surface area (Å²) in [7, 11) is 0. The molecule has 0 spiro atoms. The second-order valence-corrected chi connectivity index (χ2v) is 11.8. The zero-order valence-electron chi connectivity index (χ0n) is 26.2. The highest BCUT2D eigenvalue weighted by atomic mass is 79.9. The summed E-state index contributed by atoms with van der Waals surface area (Å²) in [6, 6.07) is 2.23. The van der Waals surface area contributed by atoms with Crippen molar-refractivity contribution in [1.82, 2.24) is 19.9 Å². The Morgan fingerprint density at radius 3 is 1.63 bits per heavy atom. The summed E-state index contributed by atoms with van der Waals surface area (Å²) < 4.78 is 1.07. The molecular weight excluding hydrogens is 568 g/mol. The number of allylic oxidation sites excluding steroid dienone is 2. The number of H-pyrrole nitrogens is 2. The van der Waals surface area contributed by atoms with Crippen LogP contribution < -0.4 is 0 Å². The highest BCUT2D eigenvalue weighted by Gasteiger charge is 2.25. The number of nitrogens with zero attached hydrogens (tertiary/aromatic N) is 2. The van der Waals surface area contributed by atoms with E-state index in [1.807, 2.05) is 0 Å². The first-order valence-electron chi connectivity index (χ1n) is 15.8. The van der Waals surface area contributed by atoms with Gasteiger partial charge >= 0.3 is 0 Å². The Hall–Kier alpha value is -2.92. The molecule has 0 aliphatic carbocycles. The molecule has 8 bridgehead atoms. The largest absolute Gasteiger partial charge is 0.354 e. The fraction of sp³-hybridized carbons (Fsp3) is 0.444. The standard InChI is InChI=1S/C36H45BrN4/c1-9-21-22(10-2)35-31(37)36-26(14-6)25(13-5)34(41-36)28(16-8)33-24(12-4)23(11-3)32(40-33)27(15-7)29-18-17-20(38-29)19-30(21)39-35/h17-19,39-40H,9-16H2,1-8H3. The van der Waals surface area contributed by atoms with Crippen molar-refractivity contribution in [2.45, 2.75) is 107 Å². The molecule has 0 saturated heterocycles. The van der Waals surface area contributed by atoms with Crippen LogP contribution in [0, 0.1) is 0 Å². The lowest BCUT2D eigenvalue weighted by atomic mass is 9.95. The van der Waals surface area contributed by atoms with Crippen LogP contribution in [0.1, 0.15) is 124 Å². The number of aryl methyl sites for hydroxylation is 6. The molecule has 2 aliphatic rings. The number of hydrogen-bond acceptors (Lipinski definition) is 2. The Bertz CT molecular complexity index is 1730. The van der Waals surface area contributed by atoms with E-state index in [9.17, 15) is 0 Å². The molecule has 0 saturated carbocycles. The van der Waals surface area contributed by atoms with Crippen LogP contribution >= 0.6 is 15.9 Å². The predicted octanol–water partition coefficient (Wildman–Crippen LogP) is 10.4. The molecule has 0 aromatic carbocycles. The Balaban J connectivity index is 2.13. The molecule has 5 heterocycles. The van der Waals surface area contributed by atoms with Crippen molar-refractivity contribution in [3.63, 3.8) is 0 Å². The SMILES string of the molecule is CCC1=C(CC)c2nc1c(Br)c1[nH]c(cc3nc(c(CC)c4[nH]c(c2CC)c(CC)c4CC)C=C3)c(CC)c1CC. The maximum absolute atomic E-state index is 5.50. The van der Waals surface area contributed by atoms with E-state index in [1.54, 1.807) is 0 Å². The van der Waals surface area contributed by atoms with Crippen LogP contribution in [0.15, 0.2) is 10.5 Å². The molecule has 5 heteroatoms. The lowest BCUT2D eigenvalue weighted by molar-refractivity contribution is 1.05. The van der Waals surface area contributed by atoms with Gasteiger partial charge in [-0.1, -0.05) is 55.4 Å². The smallest absolute Gasteiger partial charge is 0.0835 e. The zero-order valence-corrected chi connectivity index (χ0v) is 27.7. The normalized spacial score (nSPS) is 13.1. The number of halogens is 1. The molecule has 2 aliphatic heterocycles. The van der Waals surface area contributed by atoms with E-state index >= 15 is 0 Å². The molecule has 0 unspecified atom stereocenters. The van der Waals surface area contributed by atoms with Gasteiger partial charge in [-0.2, -0.15) is 0 Å². The molecule has 2 N–H and O–H groups in total. The first-order chi connectivity index (χ1) is 19.9. The second kappa shape index (κ2) is 12.1. The maximum Gasteiger partial charge on any atom is 0.0835 e. The van der Waals surface area contributed by atoms with Gasteiger partial charge in [0, 0.05) is 27.7 Å². The third-order valence-electron chi connectivity index (χ3n) is 9.04. The number of hydrogen-bond donors (Lipinski definition) is 2. The van der Waals surface area contributed by atoms with Crippen molar-refractivity contribution in [2.75, 3.05) is 0 Å². The minimum atomic E-state index is 0.918. The maximum atomic E-state index is 5.50. The van der Waals surface area contributed by atoms with Gasteiger partial charge in [-0.15, -0.1) is 0 Å². The lowest BCUT2D eigenvalue weighted by Crippen LogP contribution is -1.95.